The molecule has 0 saturated heterocycles. The molecular formula is C26H51N2O+. The Balaban J connectivity index is 1.85. The van der Waals surface area contributed by atoms with Crippen LogP contribution in [0.3, 0.4) is 0 Å². The molecule has 3 nitrogen and oxygen atoms in total. The number of unbranched alkanes of at least 4 members (excludes halogenated alkanes) is 14. The van der Waals surface area contributed by atoms with E-state index in [1.54, 1.807) is 0 Å². The minimum atomic E-state index is -0.310. The van der Waals surface area contributed by atoms with Crippen LogP contribution in [0.1, 0.15) is 124 Å². The van der Waals surface area contributed by atoms with Crippen molar-refractivity contribution < 1.29 is 9.59 Å². The minimum absolute atomic E-state index is 0.285. The molecule has 3 unspecified atom stereocenters. The van der Waals surface area contributed by atoms with Crippen molar-refractivity contribution in [3.05, 3.63) is 12.2 Å². The van der Waals surface area contributed by atoms with Crippen LogP contribution >= 0.6 is 0 Å². The van der Waals surface area contributed by atoms with Crippen molar-refractivity contribution in [1.82, 2.24) is 0 Å². The molecule has 0 fully saturated rings. The van der Waals surface area contributed by atoms with Gasteiger partial charge >= 0.3 is 0 Å². The second kappa shape index (κ2) is 17.1. The van der Waals surface area contributed by atoms with Crippen LogP contribution in [0, 0.1) is 0 Å². The quantitative estimate of drug-likeness (QED) is 0.135. The summed E-state index contributed by atoms with van der Waals surface area (Å²) in [6.45, 7) is 8.09. The molecule has 3 atom stereocenters. The number of quaternary nitrogens is 1. The van der Waals surface area contributed by atoms with Crippen molar-refractivity contribution >= 4 is 6.21 Å². The lowest BCUT2D eigenvalue weighted by molar-refractivity contribution is -0.976. The fraction of sp³-hybridized carbons (Fsp3) is 0.885. The van der Waals surface area contributed by atoms with E-state index in [-0.39, 0.29) is 12.4 Å². The zero-order valence-corrected chi connectivity index (χ0v) is 20.0. The molecule has 0 aromatic rings. The van der Waals surface area contributed by atoms with Crippen LogP contribution in [0.2, 0.25) is 0 Å². The highest BCUT2D eigenvalue weighted by Crippen LogP contribution is 2.26. The number of aliphatic imine (C=N–C) groups is 1. The van der Waals surface area contributed by atoms with E-state index in [0.29, 0.717) is 0 Å². The molecule has 0 aromatic carbocycles. The molecule has 0 bridgehead atoms. The molecule has 0 saturated carbocycles. The molecule has 1 aliphatic heterocycles. The van der Waals surface area contributed by atoms with Gasteiger partial charge in [-0.25, -0.2) is 4.99 Å². The Kier molecular flexibility index (Phi) is 15.5. The highest BCUT2D eigenvalue weighted by Gasteiger charge is 2.41. The number of allylic oxidation sites excluding steroid dienone is 2. The van der Waals surface area contributed by atoms with Crippen LogP contribution in [0.15, 0.2) is 17.1 Å². The Morgan fingerprint density at radius 1 is 0.897 bits per heavy atom. The van der Waals surface area contributed by atoms with E-state index >= 15 is 0 Å². The summed E-state index contributed by atoms with van der Waals surface area (Å²) >= 11 is 0. The summed E-state index contributed by atoms with van der Waals surface area (Å²) in [5.74, 6) is 0. The summed E-state index contributed by atoms with van der Waals surface area (Å²) in [7, 11) is 0. The van der Waals surface area contributed by atoms with Gasteiger partial charge in [0.1, 0.15) is 6.54 Å². The molecule has 1 rings (SSSR count). The lowest BCUT2D eigenvalue weighted by Crippen LogP contribution is -2.57. The zero-order valence-electron chi connectivity index (χ0n) is 20.0. The van der Waals surface area contributed by atoms with E-state index in [4.69, 9.17) is 0 Å². The average Bonchev–Trinajstić information content (AvgIpc) is 3.14. The SMILES string of the molecule is C/C=C/CCCCCCCCCCCCCCCCC1N=CC[N+]1(CC)C(C)O. The summed E-state index contributed by atoms with van der Waals surface area (Å²) in [5, 5.41) is 10.2. The van der Waals surface area contributed by atoms with Crippen molar-refractivity contribution in [1.29, 1.82) is 0 Å². The van der Waals surface area contributed by atoms with Crippen molar-refractivity contribution in [2.45, 2.75) is 136 Å². The van der Waals surface area contributed by atoms with Gasteiger partial charge in [-0.05, 0) is 33.1 Å². The molecule has 3 heteroatoms. The third-order valence-corrected chi connectivity index (χ3v) is 6.94. The van der Waals surface area contributed by atoms with Crippen LogP contribution in [0.4, 0.5) is 0 Å². The van der Waals surface area contributed by atoms with Crippen LogP contribution in [-0.4, -0.2) is 41.3 Å². The van der Waals surface area contributed by atoms with E-state index in [0.717, 1.165) is 24.0 Å². The molecule has 1 N–H and O–H groups in total. The van der Waals surface area contributed by atoms with Crippen molar-refractivity contribution in [2.75, 3.05) is 13.1 Å². The first-order chi connectivity index (χ1) is 14.2. The molecule has 0 radical (unpaired) electrons. The highest BCUT2D eigenvalue weighted by atomic mass is 16.3. The molecule has 1 aliphatic rings. The molecule has 0 spiro atoms. The fourth-order valence-corrected chi connectivity index (χ4v) is 4.79. The number of hydrogen-bond donors (Lipinski definition) is 1. The third-order valence-electron chi connectivity index (χ3n) is 6.94. The van der Waals surface area contributed by atoms with Crippen molar-refractivity contribution in [3.8, 4) is 0 Å². The van der Waals surface area contributed by atoms with Gasteiger partial charge in [0.15, 0.2) is 12.4 Å². The standard InChI is InChI=1S/C26H51N2O/c1-4-6-7-8-9-10-11-12-13-14-15-16-17-18-19-20-21-22-26-27-23-24-28(26,5-2)25(3)29/h4,6,23,25-26,29H,5,7-22,24H2,1-3H3/q+1/b6-4+. The van der Waals surface area contributed by atoms with E-state index in [1.807, 2.05) is 13.1 Å². The maximum absolute atomic E-state index is 10.2. The predicted octanol–water partition coefficient (Wildman–Crippen LogP) is 7.39. The summed E-state index contributed by atoms with van der Waals surface area (Å²) in [4.78, 5) is 4.68. The first kappa shape index (κ1) is 26.4. The van der Waals surface area contributed by atoms with Gasteiger partial charge in [-0.3, -0.25) is 4.48 Å². The zero-order chi connectivity index (χ0) is 21.2. The van der Waals surface area contributed by atoms with Gasteiger partial charge in [0.2, 0.25) is 0 Å². The van der Waals surface area contributed by atoms with Gasteiger partial charge in [0.25, 0.3) is 0 Å². The summed E-state index contributed by atoms with van der Waals surface area (Å²) in [5.41, 5.74) is 0. The largest absolute Gasteiger partial charge is 0.345 e. The van der Waals surface area contributed by atoms with Gasteiger partial charge in [-0.1, -0.05) is 89.2 Å². The molecule has 170 valence electrons. The van der Waals surface area contributed by atoms with Crippen LogP contribution < -0.4 is 0 Å². The second-order valence-corrected chi connectivity index (χ2v) is 9.14. The van der Waals surface area contributed by atoms with Gasteiger partial charge in [0.05, 0.1) is 12.8 Å². The maximum atomic E-state index is 10.2. The van der Waals surface area contributed by atoms with E-state index < -0.39 is 0 Å². The monoisotopic (exact) mass is 407 g/mol. The number of rotatable bonds is 19. The minimum Gasteiger partial charge on any atom is -0.345 e. The van der Waals surface area contributed by atoms with E-state index in [2.05, 4.69) is 31.0 Å². The van der Waals surface area contributed by atoms with Crippen molar-refractivity contribution in [2.24, 2.45) is 4.99 Å². The third kappa shape index (κ3) is 10.8. The number of aliphatic hydroxyl groups is 1. The molecular weight excluding hydrogens is 356 g/mol. The molecule has 0 aliphatic carbocycles. The molecule has 0 aromatic heterocycles. The summed E-state index contributed by atoms with van der Waals surface area (Å²) in [6, 6.07) is 0. The molecule has 1 heterocycles. The van der Waals surface area contributed by atoms with Gasteiger partial charge in [-0.2, -0.15) is 0 Å². The number of nitrogens with zero attached hydrogens (tertiary/aromatic N) is 2. The van der Waals surface area contributed by atoms with Crippen LogP contribution in [-0.2, 0) is 0 Å². The smallest absolute Gasteiger partial charge is 0.189 e. The predicted molar refractivity (Wildman–Crippen MR) is 128 cm³/mol. The number of aliphatic hydroxyl groups excluding tert-OH is 1. The van der Waals surface area contributed by atoms with Crippen molar-refractivity contribution in [3.63, 3.8) is 0 Å². The topological polar surface area (TPSA) is 32.6 Å². The molecule has 0 amide bonds. The normalized spacial score (nSPS) is 22.7. The average molecular weight is 408 g/mol. The van der Waals surface area contributed by atoms with E-state index in [9.17, 15) is 5.11 Å². The second-order valence-electron chi connectivity index (χ2n) is 9.14. The number of hydrogen-bond acceptors (Lipinski definition) is 2. The van der Waals surface area contributed by atoms with Gasteiger partial charge in [-0.15, -0.1) is 0 Å². The van der Waals surface area contributed by atoms with Gasteiger partial charge in [0, 0.05) is 13.3 Å². The summed E-state index contributed by atoms with van der Waals surface area (Å²) in [6.07, 6.45) is 28.4. The van der Waals surface area contributed by atoms with E-state index in [1.165, 1.54) is 96.3 Å². The lowest BCUT2D eigenvalue weighted by atomic mass is 10.0. The lowest BCUT2D eigenvalue weighted by Gasteiger charge is -2.40. The Labute approximate surface area is 182 Å². The van der Waals surface area contributed by atoms with Crippen LogP contribution in [0.25, 0.3) is 0 Å². The first-order valence-electron chi connectivity index (χ1n) is 12.8. The van der Waals surface area contributed by atoms with Crippen LogP contribution in [0.5, 0.6) is 0 Å². The Hall–Kier alpha value is -0.670. The first-order valence-corrected chi connectivity index (χ1v) is 12.8. The molecule has 29 heavy (non-hydrogen) atoms. The van der Waals surface area contributed by atoms with Gasteiger partial charge < -0.3 is 5.11 Å². The Morgan fingerprint density at radius 2 is 1.38 bits per heavy atom. The summed E-state index contributed by atoms with van der Waals surface area (Å²) < 4.78 is 0.746. The Morgan fingerprint density at radius 3 is 1.83 bits per heavy atom. The highest BCUT2D eigenvalue weighted by molar-refractivity contribution is 5.60. The fourth-order valence-electron chi connectivity index (χ4n) is 4.79. The Bertz CT molecular complexity index is 432. The maximum Gasteiger partial charge on any atom is 0.189 e.